The molecule has 2 aliphatic rings. The van der Waals surface area contributed by atoms with Crippen molar-refractivity contribution in [3.63, 3.8) is 0 Å². The average molecular weight is 604 g/mol. The van der Waals surface area contributed by atoms with Gasteiger partial charge in [-0.2, -0.15) is 8.42 Å². The highest BCUT2D eigenvalue weighted by molar-refractivity contribution is 7.86. The number of anilines is 1. The molecule has 5 rings (SSSR count). The number of nitrogens with one attached hydrogen (secondary N) is 2. The number of ketones is 2. The highest BCUT2D eigenvalue weighted by Crippen LogP contribution is 2.23. The monoisotopic (exact) mass is 603 g/mol. The van der Waals surface area contributed by atoms with Gasteiger partial charge in [-0.3, -0.25) is 23.4 Å². The summed E-state index contributed by atoms with van der Waals surface area (Å²) in [6, 6.07) is 18.5. The standard InChI is InChI=1S/C31H29N3O8S/c1-41-23-10-12-24(13-11-23)43(39,40)42-19-29(36)33-21-8-6-20(7-9-21)31(38)34-16-14-22(15-17-34)32-27-18-28(35)25-4-2-3-5-26(25)30(27)37/h2-13,18,22,32H,14-17,19H2,1H3,(H,33,36). The summed E-state index contributed by atoms with van der Waals surface area (Å²) in [4.78, 5) is 52.2. The lowest BCUT2D eigenvalue weighted by molar-refractivity contribution is -0.118. The van der Waals surface area contributed by atoms with E-state index in [1.165, 1.54) is 37.5 Å². The number of nitrogens with zero attached hydrogens (tertiary/aromatic N) is 1. The van der Waals surface area contributed by atoms with E-state index in [2.05, 4.69) is 10.6 Å². The van der Waals surface area contributed by atoms with Gasteiger partial charge in [0.15, 0.2) is 5.78 Å². The number of hydrogen-bond donors (Lipinski definition) is 2. The zero-order chi connectivity index (χ0) is 30.6. The lowest BCUT2D eigenvalue weighted by Gasteiger charge is -2.33. The molecule has 1 aliphatic carbocycles. The van der Waals surface area contributed by atoms with Crippen molar-refractivity contribution in [2.75, 3.05) is 32.1 Å². The second-order valence-corrected chi connectivity index (χ2v) is 11.6. The van der Waals surface area contributed by atoms with Crippen LogP contribution in [0.1, 0.15) is 43.9 Å². The van der Waals surface area contributed by atoms with E-state index in [9.17, 15) is 27.6 Å². The number of allylic oxidation sites excluding steroid dienone is 2. The van der Waals surface area contributed by atoms with Gasteiger partial charge in [0.05, 0.1) is 17.7 Å². The van der Waals surface area contributed by atoms with E-state index in [0.29, 0.717) is 54.1 Å². The van der Waals surface area contributed by atoms with Crippen LogP contribution in [0.4, 0.5) is 5.69 Å². The molecule has 0 bridgehead atoms. The zero-order valence-electron chi connectivity index (χ0n) is 23.2. The Labute approximate surface area is 248 Å². The fourth-order valence-corrected chi connectivity index (χ4v) is 5.75. The van der Waals surface area contributed by atoms with Crippen LogP contribution in [0.2, 0.25) is 0 Å². The Morgan fingerprint density at radius 1 is 0.907 bits per heavy atom. The second kappa shape index (κ2) is 12.6. The molecule has 43 heavy (non-hydrogen) atoms. The summed E-state index contributed by atoms with van der Waals surface area (Å²) in [5.74, 6) is -0.803. The predicted molar refractivity (Wildman–Crippen MR) is 156 cm³/mol. The molecule has 0 unspecified atom stereocenters. The van der Waals surface area contributed by atoms with E-state index >= 15 is 0 Å². The summed E-state index contributed by atoms with van der Waals surface area (Å²) >= 11 is 0. The van der Waals surface area contributed by atoms with Gasteiger partial charge in [0.25, 0.3) is 21.9 Å². The quantitative estimate of drug-likeness (QED) is 0.352. The summed E-state index contributed by atoms with van der Waals surface area (Å²) in [7, 11) is -2.68. The number of Topliss-reactive ketones (excluding diaryl/α,β-unsaturated/α-hetero) is 1. The van der Waals surface area contributed by atoms with Crippen molar-refractivity contribution >= 4 is 39.2 Å². The van der Waals surface area contributed by atoms with Gasteiger partial charge in [-0.25, -0.2) is 0 Å². The fourth-order valence-electron chi connectivity index (χ4n) is 4.89. The van der Waals surface area contributed by atoms with E-state index in [4.69, 9.17) is 8.92 Å². The van der Waals surface area contributed by atoms with Crippen LogP contribution in [0.15, 0.2) is 89.5 Å². The van der Waals surface area contributed by atoms with E-state index < -0.39 is 22.6 Å². The van der Waals surface area contributed by atoms with Crippen molar-refractivity contribution < 1.29 is 36.5 Å². The predicted octanol–water partition coefficient (Wildman–Crippen LogP) is 3.20. The van der Waals surface area contributed by atoms with Gasteiger partial charge in [0.2, 0.25) is 5.78 Å². The molecule has 1 fully saturated rings. The smallest absolute Gasteiger partial charge is 0.297 e. The Morgan fingerprint density at radius 2 is 1.56 bits per heavy atom. The lowest BCUT2D eigenvalue weighted by Crippen LogP contribution is -2.45. The second-order valence-electron chi connectivity index (χ2n) is 10.0. The number of benzene rings is 3. The molecule has 11 nitrogen and oxygen atoms in total. The van der Waals surface area contributed by atoms with Crippen molar-refractivity contribution in [3.8, 4) is 5.75 Å². The Morgan fingerprint density at radius 3 is 2.21 bits per heavy atom. The first-order valence-corrected chi connectivity index (χ1v) is 14.9. The molecular weight excluding hydrogens is 574 g/mol. The Kier molecular flexibility index (Phi) is 8.69. The van der Waals surface area contributed by atoms with E-state index in [1.54, 1.807) is 53.4 Å². The summed E-state index contributed by atoms with van der Waals surface area (Å²) in [5, 5.41) is 5.75. The summed E-state index contributed by atoms with van der Waals surface area (Å²) < 4.78 is 34.5. The molecule has 0 aromatic heterocycles. The molecule has 1 saturated heterocycles. The molecule has 1 aliphatic heterocycles. The molecular formula is C31H29N3O8S. The molecule has 222 valence electrons. The van der Waals surface area contributed by atoms with Crippen LogP contribution in [-0.4, -0.2) is 69.5 Å². The number of likely N-dealkylation sites (tertiary alicyclic amines) is 1. The first kappa shape index (κ1) is 29.7. The maximum absolute atomic E-state index is 13.1. The van der Waals surface area contributed by atoms with Crippen molar-refractivity contribution in [1.29, 1.82) is 0 Å². The average Bonchev–Trinajstić information content (AvgIpc) is 3.03. The third kappa shape index (κ3) is 6.82. The fraction of sp³-hybridized carbons (Fsp3) is 0.226. The molecule has 2 amide bonds. The van der Waals surface area contributed by atoms with Crippen LogP contribution in [0.25, 0.3) is 0 Å². The minimum atomic E-state index is -4.14. The van der Waals surface area contributed by atoms with E-state index in [1.807, 2.05) is 0 Å². The van der Waals surface area contributed by atoms with E-state index in [-0.39, 0.29) is 34.1 Å². The molecule has 0 radical (unpaired) electrons. The number of rotatable bonds is 9. The van der Waals surface area contributed by atoms with Crippen molar-refractivity contribution in [1.82, 2.24) is 10.2 Å². The number of ether oxygens (including phenoxy) is 1. The highest BCUT2D eigenvalue weighted by atomic mass is 32.2. The molecule has 2 N–H and O–H groups in total. The van der Waals surface area contributed by atoms with Gasteiger partial charge < -0.3 is 20.3 Å². The maximum Gasteiger partial charge on any atom is 0.297 e. The maximum atomic E-state index is 13.1. The molecule has 12 heteroatoms. The third-order valence-corrected chi connectivity index (χ3v) is 8.49. The lowest BCUT2D eigenvalue weighted by atomic mass is 9.92. The zero-order valence-corrected chi connectivity index (χ0v) is 24.1. The molecule has 0 saturated carbocycles. The Bertz CT molecular complexity index is 1690. The van der Waals surface area contributed by atoms with Crippen LogP contribution < -0.4 is 15.4 Å². The summed E-state index contributed by atoms with van der Waals surface area (Å²) in [5.41, 5.74) is 1.85. The number of fused-ring (bicyclic) bond motifs is 1. The number of carbonyl (C=O) groups excluding carboxylic acids is 4. The largest absolute Gasteiger partial charge is 0.497 e. The van der Waals surface area contributed by atoms with Crippen LogP contribution >= 0.6 is 0 Å². The SMILES string of the molecule is COc1ccc(S(=O)(=O)OCC(=O)Nc2ccc(C(=O)N3CCC(NC4=CC(=O)c5ccccc5C4=O)CC3)cc2)cc1. The number of amides is 2. The van der Waals surface area contributed by atoms with Gasteiger partial charge in [0.1, 0.15) is 12.4 Å². The molecule has 0 spiro atoms. The van der Waals surface area contributed by atoms with Gasteiger partial charge >= 0.3 is 0 Å². The summed E-state index contributed by atoms with van der Waals surface area (Å²) in [6.45, 7) is 0.198. The van der Waals surface area contributed by atoms with Crippen LogP contribution in [-0.2, 0) is 19.1 Å². The van der Waals surface area contributed by atoms with Crippen molar-refractivity contribution in [3.05, 3.63) is 101 Å². The molecule has 0 atom stereocenters. The van der Waals surface area contributed by atoms with E-state index in [0.717, 1.165) is 0 Å². The first-order valence-electron chi connectivity index (χ1n) is 13.5. The minimum absolute atomic E-state index is 0.0642. The number of carbonyl (C=O) groups is 4. The van der Waals surface area contributed by atoms with Crippen LogP contribution in [0.3, 0.4) is 0 Å². The third-order valence-electron chi connectivity index (χ3n) is 7.21. The van der Waals surface area contributed by atoms with Gasteiger partial charge in [-0.05, 0) is 61.4 Å². The van der Waals surface area contributed by atoms with Crippen molar-refractivity contribution in [2.24, 2.45) is 0 Å². The van der Waals surface area contributed by atoms with Gasteiger partial charge in [-0.15, -0.1) is 0 Å². The van der Waals surface area contributed by atoms with Crippen LogP contribution in [0.5, 0.6) is 5.75 Å². The molecule has 3 aromatic rings. The minimum Gasteiger partial charge on any atom is -0.497 e. The van der Waals surface area contributed by atoms with Crippen molar-refractivity contribution in [2.45, 2.75) is 23.8 Å². The van der Waals surface area contributed by atoms with Crippen LogP contribution in [0, 0.1) is 0 Å². The number of piperidine rings is 1. The summed E-state index contributed by atoms with van der Waals surface area (Å²) in [6.07, 6.45) is 2.54. The van der Waals surface area contributed by atoms with Gasteiger partial charge in [-0.1, -0.05) is 24.3 Å². The normalized spacial score (nSPS) is 15.4. The first-order chi connectivity index (χ1) is 20.6. The number of methoxy groups -OCH3 is 1. The topological polar surface area (TPSA) is 148 Å². The highest BCUT2D eigenvalue weighted by Gasteiger charge is 2.29. The van der Waals surface area contributed by atoms with Gasteiger partial charge in [0, 0.05) is 47.6 Å². The number of hydrogen-bond acceptors (Lipinski definition) is 9. The molecule has 3 aromatic carbocycles. The Hall–Kier alpha value is -4.81. The molecule has 1 heterocycles. The Balaban J connectivity index is 1.09.